The van der Waals surface area contributed by atoms with E-state index in [0.717, 1.165) is 5.57 Å². The monoisotopic (exact) mass is 322 g/mol. The van der Waals surface area contributed by atoms with E-state index >= 15 is 0 Å². The summed E-state index contributed by atoms with van der Waals surface area (Å²) >= 11 is 0. The third-order valence-electron chi connectivity index (χ3n) is 6.94. The van der Waals surface area contributed by atoms with Gasteiger partial charge in [-0.05, 0) is 25.0 Å². The molecule has 23 heavy (non-hydrogen) atoms. The van der Waals surface area contributed by atoms with E-state index in [1.165, 1.54) is 6.92 Å². The number of ether oxygens (including phenoxy) is 4. The summed E-state index contributed by atoms with van der Waals surface area (Å²) in [4.78, 5) is 11.5. The Morgan fingerprint density at radius 2 is 2.17 bits per heavy atom. The van der Waals surface area contributed by atoms with Crippen molar-refractivity contribution < 1.29 is 28.8 Å². The van der Waals surface area contributed by atoms with Crippen LogP contribution in [0, 0.1) is 11.3 Å². The van der Waals surface area contributed by atoms with Crippen LogP contribution in [-0.2, 0) is 23.7 Å². The lowest BCUT2D eigenvalue weighted by molar-refractivity contribution is -0.214. The highest BCUT2D eigenvalue weighted by atomic mass is 16.8. The molecule has 0 aromatic rings. The molecule has 0 radical (unpaired) electrons. The van der Waals surface area contributed by atoms with Gasteiger partial charge >= 0.3 is 5.97 Å². The van der Waals surface area contributed by atoms with Gasteiger partial charge in [0.05, 0.1) is 6.61 Å². The average Bonchev–Trinajstić information content (AvgIpc) is 3.33. The summed E-state index contributed by atoms with van der Waals surface area (Å²) in [7, 11) is 0. The molecule has 5 aliphatic rings. The lowest BCUT2D eigenvalue weighted by Gasteiger charge is -2.50. The van der Waals surface area contributed by atoms with E-state index in [2.05, 4.69) is 13.8 Å². The number of aliphatic hydroxyl groups is 1. The van der Waals surface area contributed by atoms with Gasteiger partial charge in [0, 0.05) is 18.3 Å². The predicted molar refractivity (Wildman–Crippen MR) is 77.3 cm³/mol. The van der Waals surface area contributed by atoms with Crippen molar-refractivity contribution >= 4 is 5.97 Å². The van der Waals surface area contributed by atoms with Crippen LogP contribution in [0.15, 0.2) is 11.6 Å². The zero-order chi connectivity index (χ0) is 16.4. The van der Waals surface area contributed by atoms with Gasteiger partial charge in [-0.2, -0.15) is 0 Å². The molecule has 1 spiro atoms. The Morgan fingerprint density at radius 1 is 1.43 bits per heavy atom. The molecule has 0 bridgehead atoms. The fraction of sp³-hybridized carbons (Fsp3) is 0.824. The van der Waals surface area contributed by atoms with Crippen LogP contribution in [0.3, 0.4) is 0 Å². The molecular formula is C17H22O6. The van der Waals surface area contributed by atoms with E-state index in [-0.39, 0.29) is 35.6 Å². The largest absolute Gasteiger partial charge is 0.459 e. The highest BCUT2D eigenvalue weighted by Gasteiger charge is 2.85. The zero-order valence-corrected chi connectivity index (χ0v) is 13.8. The molecule has 0 aromatic carbocycles. The maximum Gasteiger partial charge on any atom is 0.303 e. The maximum absolute atomic E-state index is 11.5. The lowest BCUT2D eigenvalue weighted by atomic mass is 9.55. The first-order valence-electron chi connectivity index (χ1n) is 8.28. The molecule has 8 unspecified atom stereocenters. The summed E-state index contributed by atoms with van der Waals surface area (Å²) in [6.45, 7) is 8.06. The molecule has 0 amide bonds. The van der Waals surface area contributed by atoms with Crippen LogP contribution in [0.4, 0.5) is 0 Å². The first-order valence-corrected chi connectivity index (χ1v) is 8.28. The summed E-state index contributed by atoms with van der Waals surface area (Å²) in [6, 6.07) is 0. The van der Waals surface area contributed by atoms with Crippen molar-refractivity contribution in [2.45, 2.75) is 69.4 Å². The predicted octanol–water partition coefficient (Wildman–Crippen LogP) is 0.918. The minimum atomic E-state index is -1.37. The van der Waals surface area contributed by atoms with E-state index in [9.17, 15) is 9.90 Å². The summed E-state index contributed by atoms with van der Waals surface area (Å²) in [5.41, 5.74) is -0.332. The molecule has 1 N–H and O–H groups in total. The normalized spacial score (nSPS) is 61.5. The van der Waals surface area contributed by atoms with Crippen LogP contribution in [0.1, 0.15) is 34.1 Å². The molecule has 5 rings (SSSR count). The van der Waals surface area contributed by atoms with Gasteiger partial charge in [-0.25, -0.2) is 0 Å². The molecule has 126 valence electrons. The Bertz CT molecular complexity index is 659. The smallest absolute Gasteiger partial charge is 0.303 e. The van der Waals surface area contributed by atoms with Gasteiger partial charge in [0.2, 0.25) is 5.79 Å². The highest BCUT2D eigenvalue weighted by molar-refractivity contribution is 5.66. The van der Waals surface area contributed by atoms with E-state index in [4.69, 9.17) is 18.9 Å². The summed E-state index contributed by atoms with van der Waals surface area (Å²) < 4.78 is 23.1. The third kappa shape index (κ3) is 1.43. The van der Waals surface area contributed by atoms with Crippen LogP contribution < -0.4 is 0 Å². The van der Waals surface area contributed by atoms with Crippen molar-refractivity contribution in [1.29, 1.82) is 0 Å². The maximum atomic E-state index is 11.5. The van der Waals surface area contributed by atoms with Gasteiger partial charge in [0.15, 0.2) is 5.60 Å². The fourth-order valence-corrected chi connectivity index (χ4v) is 5.29. The summed E-state index contributed by atoms with van der Waals surface area (Å²) in [5, 5.41) is 11.0. The summed E-state index contributed by atoms with van der Waals surface area (Å²) in [6.07, 6.45) is 1.99. The van der Waals surface area contributed by atoms with Gasteiger partial charge in [-0.1, -0.05) is 13.8 Å². The van der Waals surface area contributed by atoms with Crippen molar-refractivity contribution in [2.75, 3.05) is 6.61 Å². The zero-order valence-electron chi connectivity index (χ0n) is 13.8. The number of carbonyl (C=O) groups excluding carboxylic acids is 1. The van der Waals surface area contributed by atoms with Crippen LogP contribution in [0.5, 0.6) is 0 Å². The quantitative estimate of drug-likeness (QED) is 0.439. The SMILES string of the molecule is CC(=O)OC1C2OC2C2=CC3(O)OCC4(C)OC34CC2(C)C1C. The number of esters is 1. The number of hydrogen-bond acceptors (Lipinski definition) is 6. The molecule has 2 aliphatic carbocycles. The molecule has 3 heterocycles. The number of rotatable bonds is 1. The first-order chi connectivity index (χ1) is 10.7. The molecule has 0 aromatic heterocycles. The van der Waals surface area contributed by atoms with Crippen molar-refractivity contribution in [2.24, 2.45) is 11.3 Å². The first kappa shape index (κ1) is 14.4. The standard InChI is InChI=1S/C17H22O6/c1-8-11(21-9(2)18)13-12(22-13)10-5-17(19)16(6-14(8,10)3)15(4,23-16)7-20-17/h5,8,11-13,19H,6-7H2,1-4H3. The lowest BCUT2D eigenvalue weighted by Crippen LogP contribution is -2.57. The second kappa shape index (κ2) is 3.67. The van der Waals surface area contributed by atoms with Crippen molar-refractivity contribution in [1.82, 2.24) is 0 Å². The van der Waals surface area contributed by atoms with Gasteiger partial charge in [0.1, 0.15) is 23.9 Å². The Balaban J connectivity index is 1.59. The minimum absolute atomic E-state index is 0.0781. The molecule has 8 atom stereocenters. The van der Waals surface area contributed by atoms with Crippen LogP contribution in [-0.4, -0.2) is 53.0 Å². The van der Waals surface area contributed by atoms with E-state index in [1.54, 1.807) is 0 Å². The van der Waals surface area contributed by atoms with E-state index < -0.39 is 17.0 Å². The van der Waals surface area contributed by atoms with Gasteiger partial charge < -0.3 is 24.1 Å². The fourth-order valence-electron chi connectivity index (χ4n) is 5.29. The van der Waals surface area contributed by atoms with E-state index in [0.29, 0.717) is 13.0 Å². The molecule has 1 saturated carbocycles. The Kier molecular flexibility index (Phi) is 2.29. The van der Waals surface area contributed by atoms with Gasteiger partial charge in [-0.3, -0.25) is 4.79 Å². The van der Waals surface area contributed by atoms with Crippen LogP contribution >= 0.6 is 0 Å². The second-order valence-electron chi connectivity index (χ2n) is 8.22. The average molecular weight is 322 g/mol. The Hall–Kier alpha value is -0.950. The molecule has 4 fully saturated rings. The summed E-state index contributed by atoms with van der Waals surface area (Å²) in [5.74, 6) is -1.58. The number of fused-ring (bicyclic) bond motifs is 3. The van der Waals surface area contributed by atoms with Crippen molar-refractivity contribution in [3.8, 4) is 0 Å². The van der Waals surface area contributed by atoms with Gasteiger partial charge in [0.25, 0.3) is 0 Å². The van der Waals surface area contributed by atoms with E-state index in [1.807, 2.05) is 13.0 Å². The number of epoxide rings is 2. The Morgan fingerprint density at radius 3 is 2.83 bits per heavy atom. The highest BCUT2D eigenvalue weighted by Crippen LogP contribution is 2.71. The molecule has 6 nitrogen and oxygen atoms in total. The third-order valence-corrected chi connectivity index (χ3v) is 6.94. The van der Waals surface area contributed by atoms with Crippen molar-refractivity contribution in [3.63, 3.8) is 0 Å². The van der Waals surface area contributed by atoms with Crippen molar-refractivity contribution in [3.05, 3.63) is 11.6 Å². The second-order valence-corrected chi connectivity index (χ2v) is 8.22. The number of carbonyl (C=O) groups is 1. The van der Waals surface area contributed by atoms with Crippen LogP contribution in [0.2, 0.25) is 0 Å². The molecule has 6 heteroatoms. The molecular weight excluding hydrogens is 300 g/mol. The Labute approximate surface area is 134 Å². The van der Waals surface area contributed by atoms with Gasteiger partial charge in [-0.15, -0.1) is 0 Å². The topological polar surface area (TPSA) is 80.8 Å². The molecule has 3 aliphatic heterocycles. The van der Waals surface area contributed by atoms with Crippen LogP contribution in [0.25, 0.3) is 0 Å². The number of hydrogen-bond donors (Lipinski definition) is 1. The minimum Gasteiger partial charge on any atom is -0.459 e. The molecule has 3 saturated heterocycles.